The molecule has 1 saturated heterocycles. The molecule has 2 aliphatic rings. The van der Waals surface area contributed by atoms with Crippen molar-refractivity contribution in [2.24, 2.45) is 0 Å². The fraction of sp³-hybridized carbons (Fsp3) is 0.333. The van der Waals surface area contributed by atoms with Crippen LogP contribution in [0.4, 0.5) is 11.4 Å². The molecule has 0 N–H and O–H groups in total. The molecule has 0 spiro atoms. The van der Waals surface area contributed by atoms with Crippen molar-refractivity contribution in [1.29, 1.82) is 0 Å². The standard InChI is InChI=1S/C24H24ClN5O3/c1-15-20(14-33-27-15)22(31)29-8-6-28(7-9-29)17-11-18(13-26-12-17)30-23(32)19-5-4-16(25)10-21(19)24(30,2)3/h4-5,10-14H,6-9H2,1-3H3. The van der Waals surface area contributed by atoms with Crippen molar-refractivity contribution in [1.82, 2.24) is 15.0 Å². The molecular formula is C24H24ClN5O3. The third kappa shape index (κ3) is 3.54. The summed E-state index contributed by atoms with van der Waals surface area (Å²) in [6, 6.07) is 7.38. The molecular weight excluding hydrogens is 442 g/mol. The first kappa shape index (κ1) is 21.5. The van der Waals surface area contributed by atoms with Crippen LogP contribution in [0.1, 0.15) is 45.8 Å². The van der Waals surface area contributed by atoms with E-state index in [-0.39, 0.29) is 11.8 Å². The molecule has 4 heterocycles. The van der Waals surface area contributed by atoms with Crippen LogP contribution in [0.15, 0.2) is 47.4 Å². The minimum atomic E-state index is -0.556. The number of pyridine rings is 1. The molecule has 8 nitrogen and oxygen atoms in total. The highest BCUT2D eigenvalue weighted by Crippen LogP contribution is 2.43. The van der Waals surface area contributed by atoms with Gasteiger partial charge in [0.05, 0.1) is 35.0 Å². The van der Waals surface area contributed by atoms with E-state index in [1.165, 1.54) is 6.26 Å². The average molecular weight is 466 g/mol. The second-order valence-electron chi connectivity index (χ2n) is 8.88. The van der Waals surface area contributed by atoms with Crippen LogP contribution >= 0.6 is 11.6 Å². The average Bonchev–Trinajstić information content (AvgIpc) is 3.32. The summed E-state index contributed by atoms with van der Waals surface area (Å²) in [5.74, 6) is -0.133. The fourth-order valence-corrected chi connectivity index (χ4v) is 4.86. The van der Waals surface area contributed by atoms with E-state index in [0.717, 1.165) is 16.9 Å². The van der Waals surface area contributed by atoms with E-state index in [1.807, 2.05) is 26.0 Å². The molecule has 0 unspecified atom stereocenters. The van der Waals surface area contributed by atoms with Crippen LogP contribution in [-0.4, -0.2) is 53.0 Å². The van der Waals surface area contributed by atoms with Crippen molar-refractivity contribution in [2.75, 3.05) is 36.0 Å². The third-order valence-corrected chi connectivity index (χ3v) is 6.75. The molecule has 1 aromatic carbocycles. The Labute approximate surface area is 196 Å². The SMILES string of the molecule is Cc1nocc1C(=O)N1CCN(c2cncc(N3C(=O)c4ccc(Cl)cc4C3(C)C)c2)CC1. The molecule has 2 amide bonds. The first-order valence-corrected chi connectivity index (χ1v) is 11.2. The maximum Gasteiger partial charge on any atom is 0.259 e. The highest BCUT2D eigenvalue weighted by Gasteiger charge is 2.44. The Morgan fingerprint density at radius 3 is 2.52 bits per heavy atom. The zero-order chi connectivity index (χ0) is 23.3. The van der Waals surface area contributed by atoms with Gasteiger partial charge in [0.15, 0.2) is 0 Å². The van der Waals surface area contributed by atoms with Crippen LogP contribution in [0, 0.1) is 6.92 Å². The van der Waals surface area contributed by atoms with E-state index >= 15 is 0 Å². The number of piperazine rings is 1. The molecule has 0 bridgehead atoms. The van der Waals surface area contributed by atoms with Crippen LogP contribution in [0.3, 0.4) is 0 Å². The smallest absolute Gasteiger partial charge is 0.259 e. The van der Waals surface area contributed by atoms with Crippen molar-refractivity contribution >= 4 is 34.8 Å². The van der Waals surface area contributed by atoms with E-state index < -0.39 is 5.54 Å². The first-order chi connectivity index (χ1) is 15.8. The molecule has 9 heteroatoms. The summed E-state index contributed by atoms with van der Waals surface area (Å²) in [7, 11) is 0. The number of aromatic nitrogens is 2. The largest absolute Gasteiger partial charge is 0.367 e. The summed E-state index contributed by atoms with van der Waals surface area (Å²) in [5, 5.41) is 4.41. The predicted octanol–water partition coefficient (Wildman–Crippen LogP) is 3.89. The Hall–Kier alpha value is -3.39. The summed E-state index contributed by atoms with van der Waals surface area (Å²) in [6.07, 6.45) is 4.91. The van der Waals surface area contributed by atoms with Gasteiger partial charge in [-0.25, -0.2) is 0 Å². The number of anilines is 2. The summed E-state index contributed by atoms with van der Waals surface area (Å²) in [5.41, 5.74) is 3.75. The van der Waals surface area contributed by atoms with Gasteiger partial charge in [0.25, 0.3) is 11.8 Å². The number of carbonyl (C=O) groups is 2. The van der Waals surface area contributed by atoms with Crippen molar-refractivity contribution in [3.63, 3.8) is 0 Å². The van der Waals surface area contributed by atoms with E-state index in [9.17, 15) is 9.59 Å². The Morgan fingerprint density at radius 2 is 1.82 bits per heavy atom. The van der Waals surface area contributed by atoms with Crippen LogP contribution in [0.5, 0.6) is 0 Å². The van der Waals surface area contributed by atoms with E-state index in [2.05, 4.69) is 15.0 Å². The number of rotatable bonds is 3. The zero-order valence-corrected chi connectivity index (χ0v) is 19.5. The molecule has 2 aromatic heterocycles. The van der Waals surface area contributed by atoms with Crippen LogP contribution in [-0.2, 0) is 5.54 Å². The van der Waals surface area contributed by atoms with Gasteiger partial charge < -0.3 is 14.3 Å². The number of nitrogens with zero attached hydrogens (tertiary/aromatic N) is 5. The highest BCUT2D eigenvalue weighted by atomic mass is 35.5. The minimum Gasteiger partial charge on any atom is -0.367 e. The second kappa shape index (κ2) is 7.88. The lowest BCUT2D eigenvalue weighted by atomic mass is 9.93. The third-order valence-electron chi connectivity index (χ3n) is 6.51. The highest BCUT2D eigenvalue weighted by molar-refractivity contribution is 6.31. The van der Waals surface area contributed by atoms with Gasteiger partial charge in [-0.15, -0.1) is 0 Å². The van der Waals surface area contributed by atoms with E-state index in [1.54, 1.807) is 41.2 Å². The Kier molecular flexibility index (Phi) is 5.12. The van der Waals surface area contributed by atoms with Gasteiger partial charge in [-0.2, -0.15) is 0 Å². The summed E-state index contributed by atoms with van der Waals surface area (Å²) >= 11 is 6.21. The number of halogens is 1. The molecule has 0 saturated carbocycles. The van der Waals surface area contributed by atoms with Crippen LogP contribution in [0.25, 0.3) is 0 Å². The number of amides is 2. The number of aryl methyl sites for hydroxylation is 1. The van der Waals surface area contributed by atoms with E-state index in [4.69, 9.17) is 16.1 Å². The number of benzene rings is 1. The Morgan fingerprint density at radius 1 is 1.09 bits per heavy atom. The van der Waals surface area contributed by atoms with Crippen molar-refractivity contribution in [2.45, 2.75) is 26.3 Å². The maximum atomic E-state index is 13.3. The molecule has 1 fully saturated rings. The summed E-state index contributed by atoms with van der Waals surface area (Å²) in [6.45, 7) is 8.26. The van der Waals surface area contributed by atoms with Crippen molar-refractivity contribution in [3.8, 4) is 0 Å². The molecule has 0 aliphatic carbocycles. The van der Waals surface area contributed by atoms with Gasteiger partial charge in [0.1, 0.15) is 11.8 Å². The van der Waals surface area contributed by atoms with Crippen molar-refractivity contribution in [3.05, 3.63) is 70.3 Å². The van der Waals surface area contributed by atoms with Gasteiger partial charge in [0, 0.05) is 36.8 Å². The molecule has 0 atom stereocenters. The normalized spacial score (nSPS) is 17.5. The molecule has 5 rings (SSSR count). The van der Waals surface area contributed by atoms with Gasteiger partial charge in [-0.05, 0) is 50.6 Å². The number of hydrogen-bond donors (Lipinski definition) is 0. The Bertz CT molecular complexity index is 1250. The Balaban J connectivity index is 1.35. The first-order valence-electron chi connectivity index (χ1n) is 10.8. The maximum absolute atomic E-state index is 13.3. The fourth-order valence-electron chi connectivity index (χ4n) is 4.69. The molecule has 2 aliphatic heterocycles. The second-order valence-corrected chi connectivity index (χ2v) is 9.32. The summed E-state index contributed by atoms with van der Waals surface area (Å²) < 4.78 is 4.91. The van der Waals surface area contributed by atoms with Gasteiger partial charge in [-0.3, -0.25) is 19.5 Å². The topological polar surface area (TPSA) is 82.8 Å². The van der Waals surface area contributed by atoms with Crippen molar-refractivity contribution < 1.29 is 14.1 Å². The van der Waals surface area contributed by atoms with Crippen LogP contribution < -0.4 is 9.80 Å². The number of carbonyl (C=O) groups excluding carboxylic acids is 2. The lowest BCUT2D eigenvalue weighted by molar-refractivity contribution is 0.0745. The summed E-state index contributed by atoms with van der Waals surface area (Å²) in [4.78, 5) is 36.2. The number of fused-ring (bicyclic) bond motifs is 1. The minimum absolute atomic E-state index is 0.0647. The molecule has 170 valence electrons. The lowest BCUT2D eigenvalue weighted by Crippen LogP contribution is -2.49. The lowest BCUT2D eigenvalue weighted by Gasteiger charge is -2.37. The quantitative estimate of drug-likeness (QED) is 0.583. The molecule has 3 aromatic rings. The number of hydrogen-bond acceptors (Lipinski definition) is 6. The van der Waals surface area contributed by atoms with E-state index in [0.29, 0.717) is 48.0 Å². The molecule has 0 radical (unpaired) electrons. The van der Waals surface area contributed by atoms with Gasteiger partial charge in [0.2, 0.25) is 0 Å². The van der Waals surface area contributed by atoms with Gasteiger partial charge in [-0.1, -0.05) is 16.8 Å². The van der Waals surface area contributed by atoms with Crippen LogP contribution in [0.2, 0.25) is 5.02 Å². The molecule has 33 heavy (non-hydrogen) atoms. The predicted molar refractivity (Wildman–Crippen MR) is 125 cm³/mol. The zero-order valence-electron chi connectivity index (χ0n) is 18.7. The van der Waals surface area contributed by atoms with Gasteiger partial charge >= 0.3 is 0 Å². The monoisotopic (exact) mass is 465 g/mol.